The fourth-order valence-electron chi connectivity index (χ4n) is 2.55. The zero-order valence-electron chi connectivity index (χ0n) is 12.3. The van der Waals surface area contributed by atoms with Crippen molar-refractivity contribution in [3.63, 3.8) is 0 Å². The second kappa shape index (κ2) is 6.35. The van der Waals surface area contributed by atoms with E-state index in [2.05, 4.69) is 5.32 Å². The van der Waals surface area contributed by atoms with Crippen LogP contribution in [0.1, 0.15) is 40.0 Å². The number of hydrogen-bond acceptors (Lipinski definition) is 4. The number of nitrogens with one attached hydrogen (secondary N) is 1. The van der Waals surface area contributed by atoms with Crippen LogP contribution >= 0.6 is 11.8 Å². The average Bonchev–Trinajstić information content (AvgIpc) is 2.80. The Bertz CT molecular complexity index is 303. The van der Waals surface area contributed by atoms with E-state index in [4.69, 9.17) is 4.74 Å². The third-order valence-corrected chi connectivity index (χ3v) is 4.71. The van der Waals surface area contributed by atoms with Crippen molar-refractivity contribution in [2.75, 3.05) is 24.6 Å². The lowest BCUT2D eigenvalue weighted by Crippen LogP contribution is -2.48. The van der Waals surface area contributed by atoms with Crippen LogP contribution in [0.25, 0.3) is 0 Å². The van der Waals surface area contributed by atoms with Crippen LogP contribution in [-0.2, 0) is 4.74 Å². The first-order valence-electron chi connectivity index (χ1n) is 7.26. The minimum atomic E-state index is -0.396. The van der Waals surface area contributed by atoms with E-state index < -0.39 is 5.60 Å². The van der Waals surface area contributed by atoms with Gasteiger partial charge in [0.1, 0.15) is 5.60 Å². The highest BCUT2D eigenvalue weighted by Crippen LogP contribution is 2.20. The molecule has 1 N–H and O–H groups in total. The van der Waals surface area contributed by atoms with Crippen molar-refractivity contribution in [1.82, 2.24) is 10.2 Å². The van der Waals surface area contributed by atoms with Crippen LogP contribution in [0.3, 0.4) is 0 Å². The standard InChI is InChI=1S/C14H26N2O2S/c1-14(2,3)18-13(17)16-7-4-11(5-8-16)15-12-6-9-19-10-12/h11-12,15H,4-10H2,1-3H3. The number of carbonyl (C=O) groups is 1. The van der Waals surface area contributed by atoms with Gasteiger partial charge < -0.3 is 15.0 Å². The van der Waals surface area contributed by atoms with Crippen LogP contribution in [0.5, 0.6) is 0 Å². The molecule has 1 unspecified atom stereocenters. The zero-order chi connectivity index (χ0) is 13.9. The average molecular weight is 286 g/mol. The first kappa shape index (κ1) is 15.0. The van der Waals surface area contributed by atoms with E-state index >= 15 is 0 Å². The number of thioether (sulfide) groups is 1. The second-order valence-electron chi connectivity index (χ2n) is 6.47. The molecule has 19 heavy (non-hydrogen) atoms. The first-order valence-corrected chi connectivity index (χ1v) is 8.41. The molecule has 0 aromatic heterocycles. The molecule has 2 fully saturated rings. The molecule has 2 saturated heterocycles. The summed E-state index contributed by atoms with van der Waals surface area (Å²) in [5.41, 5.74) is -0.396. The lowest BCUT2D eigenvalue weighted by atomic mass is 10.0. The van der Waals surface area contributed by atoms with E-state index in [0.717, 1.165) is 25.9 Å². The number of piperidine rings is 1. The molecular weight excluding hydrogens is 260 g/mol. The van der Waals surface area contributed by atoms with Crippen LogP contribution in [0.2, 0.25) is 0 Å². The first-order chi connectivity index (χ1) is 8.94. The number of amides is 1. The van der Waals surface area contributed by atoms with Gasteiger partial charge in [0.25, 0.3) is 0 Å². The summed E-state index contributed by atoms with van der Waals surface area (Å²) in [4.78, 5) is 13.8. The Morgan fingerprint density at radius 2 is 1.89 bits per heavy atom. The van der Waals surface area contributed by atoms with E-state index in [-0.39, 0.29) is 6.09 Å². The molecule has 0 bridgehead atoms. The second-order valence-corrected chi connectivity index (χ2v) is 7.62. The highest BCUT2D eigenvalue weighted by Gasteiger charge is 2.28. The molecule has 2 rings (SSSR count). The zero-order valence-corrected chi connectivity index (χ0v) is 13.1. The van der Waals surface area contributed by atoms with Crippen LogP contribution < -0.4 is 5.32 Å². The molecular formula is C14H26N2O2S. The van der Waals surface area contributed by atoms with E-state index in [1.54, 1.807) is 0 Å². The maximum atomic E-state index is 11.9. The summed E-state index contributed by atoms with van der Waals surface area (Å²) in [5, 5.41) is 3.73. The minimum absolute atomic E-state index is 0.164. The normalized spacial score (nSPS) is 25.6. The number of carbonyl (C=O) groups excluding carboxylic acids is 1. The van der Waals surface area contributed by atoms with Crippen LogP contribution in [0.15, 0.2) is 0 Å². The molecule has 5 heteroatoms. The Morgan fingerprint density at radius 1 is 1.21 bits per heavy atom. The lowest BCUT2D eigenvalue weighted by molar-refractivity contribution is 0.0196. The van der Waals surface area contributed by atoms with Gasteiger partial charge in [0.05, 0.1) is 0 Å². The Morgan fingerprint density at radius 3 is 2.42 bits per heavy atom. The Kier molecular flexibility index (Phi) is 5.01. The molecule has 0 aromatic rings. The molecule has 1 amide bonds. The smallest absolute Gasteiger partial charge is 0.410 e. The summed E-state index contributed by atoms with van der Waals surface area (Å²) in [6, 6.07) is 1.26. The quantitative estimate of drug-likeness (QED) is 0.847. The summed E-state index contributed by atoms with van der Waals surface area (Å²) < 4.78 is 5.41. The number of nitrogens with zero attached hydrogens (tertiary/aromatic N) is 1. The molecule has 0 saturated carbocycles. The van der Waals surface area contributed by atoms with Crippen molar-refractivity contribution in [2.24, 2.45) is 0 Å². The van der Waals surface area contributed by atoms with Crippen molar-refractivity contribution in [1.29, 1.82) is 0 Å². The van der Waals surface area contributed by atoms with Crippen LogP contribution in [0, 0.1) is 0 Å². The summed E-state index contributed by atoms with van der Waals surface area (Å²) >= 11 is 2.04. The van der Waals surface area contributed by atoms with Crippen molar-refractivity contribution < 1.29 is 9.53 Å². The van der Waals surface area contributed by atoms with E-state index in [0.29, 0.717) is 12.1 Å². The molecule has 2 aliphatic heterocycles. The van der Waals surface area contributed by atoms with Gasteiger partial charge >= 0.3 is 6.09 Å². The number of ether oxygens (including phenoxy) is 1. The van der Waals surface area contributed by atoms with Gasteiger partial charge in [-0.25, -0.2) is 4.79 Å². The van der Waals surface area contributed by atoms with Gasteiger partial charge in [-0.05, 0) is 45.8 Å². The van der Waals surface area contributed by atoms with Crippen molar-refractivity contribution in [2.45, 2.75) is 57.7 Å². The highest BCUT2D eigenvalue weighted by atomic mass is 32.2. The molecule has 0 aliphatic carbocycles. The summed E-state index contributed by atoms with van der Waals surface area (Å²) in [5.74, 6) is 2.53. The molecule has 0 radical (unpaired) electrons. The summed E-state index contributed by atoms with van der Waals surface area (Å²) in [6.07, 6.45) is 3.21. The van der Waals surface area contributed by atoms with Gasteiger partial charge in [-0.1, -0.05) is 0 Å². The molecule has 2 heterocycles. The Labute approximate surface area is 120 Å². The molecule has 1 atom stereocenters. The third-order valence-electron chi connectivity index (χ3n) is 3.55. The molecule has 2 aliphatic rings. The van der Waals surface area contributed by atoms with Gasteiger partial charge in [-0.15, -0.1) is 0 Å². The predicted octanol–water partition coefficient (Wildman–Crippen LogP) is 2.48. The van der Waals surface area contributed by atoms with Crippen molar-refractivity contribution in [3.8, 4) is 0 Å². The summed E-state index contributed by atoms with van der Waals surface area (Å²) in [6.45, 7) is 7.36. The van der Waals surface area contributed by atoms with Crippen LogP contribution in [-0.4, -0.2) is 53.3 Å². The van der Waals surface area contributed by atoms with E-state index in [1.165, 1.54) is 17.9 Å². The van der Waals surface area contributed by atoms with E-state index in [1.807, 2.05) is 37.4 Å². The number of rotatable bonds is 2. The molecule has 4 nitrogen and oxygen atoms in total. The fraction of sp³-hybridized carbons (Fsp3) is 0.929. The van der Waals surface area contributed by atoms with Gasteiger partial charge in [0, 0.05) is 30.9 Å². The van der Waals surface area contributed by atoms with Crippen molar-refractivity contribution >= 4 is 17.9 Å². The predicted molar refractivity (Wildman–Crippen MR) is 79.7 cm³/mol. The Hall–Kier alpha value is -0.420. The van der Waals surface area contributed by atoms with Gasteiger partial charge in [0.15, 0.2) is 0 Å². The Balaban J connectivity index is 1.71. The molecule has 0 aromatic carbocycles. The lowest BCUT2D eigenvalue weighted by Gasteiger charge is -2.34. The van der Waals surface area contributed by atoms with Gasteiger partial charge in [-0.2, -0.15) is 11.8 Å². The van der Waals surface area contributed by atoms with Gasteiger partial charge in [-0.3, -0.25) is 0 Å². The summed E-state index contributed by atoms with van der Waals surface area (Å²) in [7, 11) is 0. The number of likely N-dealkylation sites (tertiary alicyclic amines) is 1. The monoisotopic (exact) mass is 286 g/mol. The maximum Gasteiger partial charge on any atom is 0.410 e. The highest BCUT2D eigenvalue weighted by molar-refractivity contribution is 7.99. The number of hydrogen-bond donors (Lipinski definition) is 1. The van der Waals surface area contributed by atoms with Crippen molar-refractivity contribution in [3.05, 3.63) is 0 Å². The van der Waals surface area contributed by atoms with E-state index in [9.17, 15) is 4.79 Å². The van der Waals surface area contributed by atoms with Gasteiger partial charge in [0.2, 0.25) is 0 Å². The minimum Gasteiger partial charge on any atom is -0.444 e. The fourth-order valence-corrected chi connectivity index (χ4v) is 3.72. The molecule has 110 valence electrons. The van der Waals surface area contributed by atoms with Crippen LogP contribution in [0.4, 0.5) is 4.79 Å². The third kappa shape index (κ3) is 4.88. The topological polar surface area (TPSA) is 41.6 Å². The SMILES string of the molecule is CC(C)(C)OC(=O)N1CCC(NC2CCSC2)CC1. The molecule has 0 spiro atoms. The maximum absolute atomic E-state index is 11.9. The largest absolute Gasteiger partial charge is 0.444 e.